The van der Waals surface area contributed by atoms with Crippen LogP contribution in [0.25, 0.3) is 0 Å². The molecule has 1 aliphatic rings. The number of hydrogen-bond donors (Lipinski definition) is 2. The Morgan fingerprint density at radius 1 is 1.64 bits per heavy atom. The molecule has 0 bridgehead atoms. The molecule has 0 spiro atoms. The predicted molar refractivity (Wildman–Crippen MR) is 50.9 cm³/mol. The lowest BCUT2D eigenvalue weighted by atomic mass is 10.0. The van der Waals surface area contributed by atoms with Crippen LogP contribution in [0.4, 0.5) is 5.82 Å². The van der Waals surface area contributed by atoms with Crippen LogP contribution in [0.3, 0.4) is 0 Å². The quantitative estimate of drug-likeness (QED) is 0.712. The monoisotopic (exact) mass is 195 g/mol. The summed E-state index contributed by atoms with van der Waals surface area (Å²) in [5.74, 6) is 0.723. The molecule has 0 aromatic carbocycles. The molecule has 0 saturated carbocycles. The average molecular weight is 195 g/mol. The van der Waals surface area contributed by atoms with Crippen LogP contribution in [0.1, 0.15) is 6.42 Å². The molecule has 76 valence electrons. The van der Waals surface area contributed by atoms with Gasteiger partial charge in [0.25, 0.3) is 0 Å². The van der Waals surface area contributed by atoms with E-state index in [1.807, 2.05) is 0 Å². The number of rotatable bonds is 3. The normalized spacial score (nSPS) is 26.4. The maximum Gasteiger partial charge on any atom is 0.129 e. The number of hydrogen-bond acceptors (Lipinski definition) is 5. The van der Waals surface area contributed by atoms with Crippen molar-refractivity contribution < 1.29 is 9.84 Å². The molecule has 0 aliphatic carbocycles. The molecular weight excluding hydrogens is 182 g/mol. The Kier molecular flexibility index (Phi) is 2.60. The number of nitrogens with zero attached hydrogens (tertiary/aromatic N) is 2. The van der Waals surface area contributed by atoms with Crippen LogP contribution in [-0.4, -0.2) is 40.4 Å². The largest absolute Gasteiger partial charge is 0.386 e. The van der Waals surface area contributed by atoms with E-state index in [0.29, 0.717) is 26.2 Å². The van der Waals surface area contributed by atoms with Gasteiger partial charge >= 0.3 is 0 Å². The number of ether oxygens (including phenoxy) is 1. The van der Waals surface area contributed by atoms with Crippen molar-refractivity contribution in [2.75, 3.05) is 25.1 Å². The Morgan fingerprint density at radius 3 is 3.21 bits per heavy atom. The smallest absolute Gasteiger partial charge is 0.129 e. The van der Waals surface area contributed by atoms with Gasteiger partial charge in [0.1, 0.15) is 17.7 Å². The zero-order chi connectivity index (χ0) is 9.86. The fourth-order valence-corrected chi connectivity index (χ4v) is 1.39. The number of aliphatic hydroxyl groups is 1. The predicted octanol–water partition coefficient (Wildman–Crippen LogP) is 0.0399. The molecule has 0 radical (unpaired) electrons. The Balaban J connectivity index is 1.88. The molecule has 1 saturated heterocycles. The van der Waals surface area contributed by atoms with Crippen molar-refractivity contribution in [3.63, 3.8) is 0 Å². The molecule has 5 nitrogen and oxygen atoms in total. The second-order valence-corrected chi connectivity index (χ2v) is 3.48. The van der Waals surface area contributed by atoms with Crippen molar-refractivity contribution in [2.24, 2.45) is 0 Å². The van der Waals surface area contributed by atoms with Crippen molar-refractivity contribution in [1.82, 2.24) is 9.97 Å². The van der Waals surface area contributed by atoms with Crippen molar-refractivity contribution in [1.29, 1.82) is 0 Å². The highest BCUT2D eigenvalue weighted by Crippen LogP contribution is 2.18. The van der Waals surface area contributed by atoms with E-state index < -0.39 is 5.60 Å². The first-order valence-corrected chi connectivity index (χ1v) is 4.59. The summed E-state index contributed by atoms with van der Waals surface area (Å²) < 4.78 is 5.13. The molecule has 5 heteroatoms. The highest BCUT2D eigenvalue weighted by Gasteiger charge is 2.31. The summed E-state index contributed by atoms with van der Waals surface area (Å²) in [7, 11) is 0. The van der Waals surface area contributed by atoms with E-state index >= 15 is 0 Å². The van der Waals surface area contributed by atoms with Gasteiger partial charge in [0.15, 0.2) is 0 Å². The van der Waals surface area contributed by atoms with Gasteiger partial charge in [-0.2, -0.15) is 0 Å². The number of aromatic nitrogens is 2. The number of anilines is 1. The lowest BCUT2D eigenvalue weighted by Gasteiger charge is -2.20. The summed E-state index contributed by atoms with van der Waals surface area (Å²) >= 11 is 0. The summed E-state index contributed by atoms with van der Waals surface area (Å²) in [6, 6.07) is 1.76. The molecule has 1 aliphatic heterocycles. The standard InChI is InChI=1S/C9H13N3O2/c13-9(2-4-14-6-9)5-11-8-1-3-10-7-12-8/h1,3,7,13H,2,4-6H2,(H,10,11,12). The van der Waals surface area contributed by atoms with E-state index in [1.54, 1.807) is 12.3 Å². The van der Waals surface area contributed by atoms with Crippen LogP contribution < -0.4 is 5.32 Å². The first-order chi connectivity index (χ1) is 6.79. The molecule has 1 unspecified atom stereocenters. The molecule has 1 fully saturated rings. The minimum absolute atomic E-state index is 0.394. The van der Waals surface area contributed by atoms with E-state index in [2.05, 4.69) is 15.3 Å². The van der Waals surface area contributed by atoms with Crippen LogP contribution in [0.5, 0.6) is 0 Å². The molecule has 1 aromatic heterocycles. The first kappa shape index (κ1) is 9.36. The SMILES string of the molecule is OC1(CNc2ccncn2)CCOC1. The fraction of sp³-hybridized carbons (Fsp3) is 0.556. The lowest BCUT2D eigenvalue weighted by molar-refractivity contribution is 0.0381. The summed E-state index contributed by atoms with van der Waals surface area (Å²) in [5, 5.41) is 13.0. The third kappa shape index (κ3) is 2.18. The van der Waals surface area contributed by atoms with Gasteiger partial charge in [-0.15, -0.1) is 0 Å². The molecule has 2 N–H and O–H groups in total. The number of nitrogens with one attached hydrogen (secondary N) is 1. The molecule has 1 aromatic rings. The van der Waals surface area contributed by atoms with Gasteiger partial charge in [0.05, 0.1) is 6.61 Å². The average Bonchev–Trinajstić information content (AvgIpc) is 2.65. The van der Waals surface area contributed by atoms with Crippen molar-refractivity contribution in [3.8, 4) is 0 Å². The van der Waals surface area contributed by atoms with Gasteiger partial charge in [0, 0.05) is 25.8 Å². The summed E-state index contributed by atoms with van der Waals surface area (Å²) in [4.78, 5) is 7.80. The van der Waals surface area contributed by atoms with E-state index in [4.69, 9.17) is 4.74 Å². The van der Waals surface area contributed by atoms with Crippen LogP contribution in [0, 0.1) is 0 Å². The molecule has 2 heterocycles. The Hall–Kier alpha value is -1.20. The molecule has 1 atom stereocenters. The first-order valence-electron chi connectivity index (χ1n) is 4.59. The maximum absolute atomic E-state index is 9.92. The summed E-state index contributed by atoms with van der Waals surface area (Å²) in [6.07, 6.45) is 3.80. The second kappa shape index (κ2) is 3.89. The summed E-state index contributed by atoms with van der Waals surface area (Å²) in [5.41, 5.74) is -0.745. The van der Waals surface area contributed by atoms with Gasteiger partial charge in [-0.1, -0.05) is 0 Å². The van der Waals surface area contributed by atoms with Crippen LogP contribution >= 0.6 is 0 Å². The van der Waals surface area contributed by atoms with E-state index in [0.717, 1.165) is 5.82 Å². The third-order valence-corrected chi connectivity index (χ3v) is 2.26. The van der Waals surface area contributed by atoms with Gasteiger partial charge in [-0.3, -0.25) is 0 Å². The van der Waals surface area contributed by atoms with Gasteiger partial charge in [-0.25, -0.2) is 9.97 Å². The van der Waals surface area contributed by atoms with E-state index in [-0.39, 0.29) is 0 Å². The highest BCUT2D eigenvalue weighted by molar-refractivity contribution is 5.32. The molecule has 14 heavy (non-hydrogen) atoms. The van der Waals surface area contributed by atoms with Crippen LogP contribution in [0.2, 0.25) is 0 Å². The van der Waals surface area contributed by atoms with Gasteiger partial charge < -0.3 is 15.2 Å². The second-order valence-electron chi connectivity index (χ2n) is 3.48. The lowest BCUT2D eigenvalue weighted by Crippen LogP contribution is -2.37. The zero-order valence-electron chi connectivity index (χ0n) is 7.81. The minimum atomic E-state index is -0.745. The topological polar surface area (TPSA) is 67.3 Å². The Morgan fingerprint density at radius 2 is 2.57 bits per heavy atom. The van der Waals surface area contributed by atoms with Gasteiger partial charge in [0.2, 0.25) is 0 Å². The molecule has 0 amide bonds. The zero-order valence-corrected chi connectivity index (χ0v) is 7.81. The fourth-order valence-electron chi connectivity index (χ4n) is 1.39. The highest BCUT2D eigenvalue weighted by atomic mass is 16.5. The molecule has 2 rings (SSSR count). The Labute approximate surface area is 82.1 Å². The molecular formula is C9H13N3O2. The minimum Gasteiger partial charge on any atom is -0.386 e. The van der Waals surface area contributed by atoms with Crippen molar-refractivity contribution >= 4 is 5.82 Å². The van der Waals surface area contributed by atoms with Crippen LogP contribution in [-0.2, 0) is 4.74 Å². The van der Waals surface area contributed by atoms with Crippen molar-refractivity contribution in [3.05, 3.63) is 18.6 Å². The van der Waals surface area contributed by atoms with Crippen LogP contribution in [0.15, 0.2) is 18.6 Å². The van der Waals surface area contributed by atoms with Crippen molar-refractivity contribution in [2.45, 2.75) is 12.0 Å². The summed E-state index contributed by atoms with van der Waals surface area (Å²) in [6.45, 7) is 1.48. The van der Waals surface area contributed by atoms with Gasteiger partial charge in [-0.05, 0) is 6.07 Å². The maximum atomic E-state index is 9.92. The van der Waals surface area contributed by atoms with E-state index in [1.165, 1.54) is 6.33 Å². The Bertz CT molecular complexity index is 285. The third-order valence-electron chi connectivity index (χ3n) is 2.26. The van der Waals surface area contributed by atoms with E-state index in [9.17, 15) is 5.11 Å².